The molecule has 0 unspecified atom stereocenters. The van der Waals surface area contributed by atoms with Crippen LogP contribution in [0.5, 0.6) is 0 Å². The van der Waals surface area contributed by atoms with Crippen LogP contribution in [0.15, 0.2) is 36.5 Å². The first-order valence-electron chi connectivity index (χ1n) is 8.56. The second-order valence-electron chi connectivity index (χ2n) is 6.34. The Morgan fingerprint density at radius 1 is 1.36 bits per heavy atom. The van der Waals surface area contributed by atoms with Gasteiger partial charge in [-0.25, -0.2) is 9.97 Å². The monoisotopic (exact) mass is 340 g/mol. The van der Waals surface area contributed by atoms with Crippen molar-refractivity contribution in [2.75, 3.05) is 19.7 Å². The first-order chi connectivity index (χ1) is 12.1. The molecule has 1 aliphatic heterocycles. The Hall–Kier alpha value is -2.31. The van der Waals surface area contributed by atoms with Crippen LogP contribution >= 0.6 is 0 Å². The highest BCUT2D eigenvalue weighted by Gasteiger charge is 2.24. The van der Waals surface area contributed by atoms with E-state index in [2.05, 4.69) is 51.4 Å². The van der Waals surface area contributed by atoms with Crippen molar-refractivity contribution in [3.8, 4) is 0 Å². The molecule has 1 amide bonds. The van der Waals surface area contributed by atoms with Gasteiger partial charge >= 0.3 is 0 Å². The van der Waals surface area contributed by atoms with Crippen LogP contribution in [0.1, 0.15) is 35.7 Å². The van der Waals surface area contributed by atoms with Crippen molar-refractivity contribution < 1.29 is 9.53 Å². The summed E-state index contributed by atoms with van der Waals surface area (Å²) < 4.78 is 5.89. The van der Waals surface area contributed by atoms with Gasteiger partial charge in [0.25, 0.3) is 0 Å². The summed E-state index contributed by atoms with van der Waals surface area (Å²) in [6.45, 7) is 7.27. The third-order valence-electron chi connectivity index (χ3n) is 4.34. The molecule has 25 heavy (non-hydrogen) atoms. The number of aryl methyl sites for hydroxylation is 1. The zero-order valence-corrected chi connectivity index (χ0v) is 14.7. The van der Waals surface area contributed by atoms with Crippen molar-refractivity contribution in [3.63, 3.8) is 0 Å². The second kappa shape index (κ2) is 8.18. The van der Waals surface area contributed by atoms with E-state index in [1.165, 1.54) is 18.1 Å². The molecule has 2 heterocycles. The molecule has 1 aromatic carbocycles. The molecule has 1 N–H and O–H groups in total. The molecule has 6 heteroatoms. The molecule has 2 aromatic rings. The van der Waals surface area contributed by atoms with E-state index in [1.54, 1.807) is 6.20 Å². The number of hydrogen-bond donors (Lipinski definition) is 1. The number of rotatable bonds is 5. The fourth-order valence-corrected chi connectivity index (χ4v) is 2.91. The van der Waals surface area contributed by atoms with Gasteiger partial charge in [-0.2, -0.15) is 0 Å². The van der Waals surface area contributed by atoms with Gasteiger partial charge in [-0.3, -0.25) is 9.69 Å². The Morgan fingerprint density at radius 2 is 2.20 bits per heavy atom. The molecule has 1 atom stereocenters. The normalized spacial score (nSPS) is 18.1. The number of nitrogens with zero attached hydrogens (tertiary/aromatic N) is 3. The Bertz CT molecular complexity index is 735. The summed E-state index contributed by atoms with van der Waals surface area (Å²) in [4.78, 5) is 22.4. The van der Waals surface area contributed by atoms with Crippen LogP contribution < -0.4 is 5.32 Å². The van der Waals surface area contributed by atoms with Crippen LogP contribution in [0.4, 0.5) is 0 Å². The maximum Gasteiger partial charge on any atom is 0.217 e. The second-order valence-corrected chi connectivity index (χ2v) is 6.34. The molecular formula is C19H24N4O2. The smallest absolute Gasteiger partial charge is 0.217 e. The van der Waals surface area contributed by atoms with Gasteiger partial charge in [-0.05, 0) is 24.1 Å². The third kappa shape index (κ3) is 4.84. The summed E-state index contributed by atoms with van der Waals surface area (Å²) in [6.07, 6.45) is 1.58. The number of hydrogen-bond acceptors (Lipinski definition) is 5. The number of benzene rings is 1. The van der Waals surface area contributed by atoms with E-state index < -0.39 is 0 Å². The van der Waals surface area contributed by atoms with Gasteiger partial charge in [0.1, 0.15) is 6.10 Å². The third-order valence-corrected chi connectivity index (χ3v) is 4.34. The van der Waals surface area contributed by atoms with Crippen LogP contribution in [0.3, 0.4) is 0 Å². The maximum absolute atomic E-state index is 11.1. The standard InChI is InChI=1S/C19H24N4O2/c1-14-5-3-4-6-16(14)12-23-9-10-25-18(13-23)19-20-8-7-17(22-19)11-21-15(2)24/h3-8,18H,9-13H2,1-2H3,(H,21,24)/t18-/m1/s1. The van der Waals surface area contributed by atoms with Crippen molar-refractivity contribution in [3.05, 3.63) is 59.2 Å². The minimum atomic E-state index is -0.143. The molecule has 1 aliphatic rings. The quantitative estimate of drug-likeness (QED) is 0.902. The molecule has 132 valence electrons. The average Bonchev–Trinajstić information content (AvgIpc) is 2.62. The molecular weight excluding hydrogens is 316 g/mol. The van der Waals surface area contributed by atoms with E-state index in [0.29, 0.717) is 19.0 Å². The van der Waals surface area contributed by atoms with E-state index in [1.807, 2.05) is 6.07 Å². The summed E-state index contributed by atoms with van der Waals surface area (Å²) >= 11 is 0. The van der Waals surface area contributed by atoms with Crippen LogP contribution in [-0.4, -0.2) is 40.5 Å². The first kappa shape index (κ1) is 17.5. The zero-order valence-electron chi connectivity index (χ0n) is 14.7. The summed E-state index contributed by atoms with van der Waals surface area (Å²) in [6, 6.07) is 10.3. The van der Waals surface area contributed by atoms with Crippen LogP contribution in [0.25, 0.3) is 0 Å². The molecule has 0 radical (unpaired) electrons. The van der Waals surface area contributed by atoms with Crippen molar-refractivity contribution in [2.24, 2.45) is 0 Å². The molecule has 1 fully saturated rings. The lowest BCUT2D eigenvalue weighted by Gasteiger charge is -2.32. The van der Waals surface area contributed by atoms with E-state index in [-0.39, 0.29) is 12.0 Å². The van der Waals surface area contributed by atoms with E-state index in [9.17, 15) is 4.79 Å². The zero-order chi connectivity index (χ0) is 17.6. The summed E-state index contributed by atoms with van der Waals surface area (Å²) in [5.74, 6) is 0.607. The number of aromatic nitrogens is 2. The number of amides is 1. The number of ether oxygens (including phenoxy) is 1. The molecule has 0 saturated carbocycles. The Balaban J connectivity index is 1.66. The van der Waals surface area contributed by atoms with Gasteiger partial charge < -0.3 is 10.1 Å². The highest BCUT2D eigenvalue weighted by atomic mass is 16.5. The lowest BCUT2D eigenvalue weighted by molar-refractivity contribution is -0.119. The highest BCUT2D eigenvalue weighted by molar-refractivity contribution is 5.72. The van der Waals surface area contributed by atoms with Gasteiger partial charge in [0, 0.05) is 32.8 Å². The minimum absolute atomic E-state index is 0.0708. The van der Waals surface area contributed by atoms with Gasteiger partial charge in [0.15, 0.2) is 5.82 Å². The van der Waals surface area contributed by atoms with Crippen LogP contribution in [0, 0.1) is 6.92 Å². The number of nitrogens with one attached hydrogen (secondary N) is 1. The van der Waals surface area contributed by atoms with Gasteiger partial charge in [-0.15, -0.1) is 0 Å². The number of morpholine rings is 1. The number of carbonyl (C=O) groups is 1. The molecule has 3 rings (SSSR count). The Labute approximate surface area is 148 Å². The van der Waals surface area contributed by atoms with E-state index >= 15 is 0 Å². The Morgan fingerprint density at radius 3 is 3.00 bits per heavy atom. The van der Waals surface area contributed by atoms with Crippen molar-refractivity contribution in [2.45, 2.75) is 33.0 Å². The van der Waals surface area contributed by atoms with Gasteiger partial charge in [-0.1, -0.05) is 24.3 Å². The predicted octanol–water partition coefficient (Wildman–Crippen LogP) is 1.99. The molecule has 1 saturated heterocycles. The molecule has 1 aromatic heterocycles. The van der Waals surface area contributed by atoms with Crippen molar-refractivity contribution >= 4 is 5.91 Å². The van der Waals surface area contributed by atoms with E-state index in [4.69, 9.17) is 4.74 Å². The Kier molecular flexibility index (Phi) is 5.73. The topological polar surface area (TPSA) is 67.4 Å². The first-order valence-corrected chi connectivity index (χ1v) is 8.56. The van der Waals surface area contributed by atoms with Crippen LogP contribution in [-0.2, 0) is 22.6 Å². The SMILES string of the molecule is CC(=O)NCc1ccnc([C@H]2CN(Cc3ccccc3C)CCO2)n1. The molecule has 0 bridgehead atoms. The summed E-state index contributed by atoms with van der Waals surface area (Å²) in [5, 5.41) is 2.76. The fourth-order valence-electron chi connectivity index (χ4n) is 2.91. The van der Waals surface area contributed by atoms with Crippen LogP contribution in [0.2, 0.25) is 0 Å². The highest BCUT2D eigenvalue weighted by Crippen LogP contribution is 2.21. The molecule has 0 aliphatic carbocycles. The molecule has 0 spiro atoms. The minimum Gasteiger partial charge on any atom is -0.368 e. The van der Waals surface area contributed by atoms with Crippen molar-refractivity contribution in [1.82, 2.24) is 20.2 Å². The predicted molar refractivity (Wildman–Crippen MR) is 94.7 cm³/mol. The summed E-state index contributed by atoms with van der Waals surface area (Å²) in [5.41, 5.74) is 3.43. The lowest BCUT2D eigenvalue weighted by Crippen LogP contribution is -2.38. The van der Waals surface area contributed by atoms with Crippen molar-refractivity contribution in [1.29, 1.82) is 0 Å². The number of carbonyl (C=O) groups excluding carboxylic acids is 1. The average molecular weight is 340 g/mol. The fraction of sp³-hybridized carbons (Fsp3) is 0.421. The molecule has 6 nitrogen and oxygen atoms in total. The summed E-state index contributed by atoms with van der Waals surface area (Å²) in [7, 11) is 0. The van der Waals surface area contributed by atoms with Gasteiger partial charge in [0.2, 0.25) is 5.91 Å². The largest absolute Gasteiger partial charge is 0.368 e. The maximum atomic E-state index is 11.1. The lowest BCUT2D eigenvalue weighted by atomic mass is 10.1. The van der Waals surface area contributed by atoms with Gasteiger partial charge in [0.05, 0.1) is 18.8 Å². The van der Waals surface area contributed by atoms with E-state index in [0.717, 1.165) is 25.3 Å².